The lowest BCUT2D eigenvalue weighted by Crippen LogP contribution is -2.63. The number of esters is 2. The van der Waals surface area contributed by atoms with Crippen molar-refractivity contribution < 1.29 is 43.0 Å². The first-order chi connectivity index (χ1) is 26.7. The van der Waals surface area contributed by atoms with E-state index in [9.17, 15) is 28.8 Å². The highest BCUT2D eigenvalue weighted by molar-refractivity contribution is 5.97. The summed E-state index contributed by atoms with van der Waals surface area (Å²) in [6.45, 7) is 23.6. The summed E-state index contributed by atoms with van der Waals surface area (Å²) in [6, 6.07) is 3.93. The van der Waals surface area contributed by atoms with Gasteiger partial charge in [-0.2, -0.15) is 0 Å². The zero-order valence-electron chi connectivity index (χ0n) is 37.7. The first-order valence-electron chi connectivity index (χ1n) is 20.1. The molecule has 0 bridgehead atoms. The second kappa shape index (κ2) is 20.2. The lowest BCUT2D eigenvalue weighted by atomic mass is 9.76. The number of para-hydroxylation sites is 1. The number of likely N-dealkylation sites (N-methyl/N-ethyl adjacent to an activating group) is 2. The lowest BCUT2D eigenvalue weighted by Gasteiger charge is -2.42. The van der Waals surface area contributed by atoms with Gasteiger partial charge in [0.1, 0.15) is 23.7 Å². The number of nitrogens with zero attached hydrogens (tertiary/aromatic N) is 3. The summed E-state index contributed by atoms with van der Waals surface area (Å²) in [5.41, 5.74) is -0.599. The molecular formula is C44H69N5O9. The van der Waals surface area contributed by atoms with Gasteiger partial charge in [-0.15, -0.1) is 0 Å². The van der Waals surface area contributed by atoms with E-state index in [0.29, 0.717) is 0 Å². The number of hydrogen-bond acceptors (Lipinski definition) is 9. The first kappa shape index (κ1) is 49.3. The summed E-state index contributed by atoms with van der Waals surface area (Å²) in [5.74, 6) is -2.90. The minimum Gasteiger partial charge on any atom is -0.466 e. The minimum absolute atomic E-state index is 0.0168. The van der Waals surface area contributed by atoms with Crippen molar-refractivity contribution in [3.8, 4) is 0 Å². The maximum atomic E-state index is 14.8. The van der Waals surface area contributed by atoms with E-state index in [2.05, 4.69) is 10.6 Å². The van der Waals surface area contributed by atoms with Crippen LogP contribution in [0.3, 0.4) is 0 Å². The number of rotatable bonds is 17. The van der Waals surface area contributed by atoms with Crippen molar-refractivity contribution >= 4 is 46.7 Å². The molecule has 4 amide bonds. The van der Waals surface area contributed by atoms with E-state index in [4.69, 9.17) is 14.2 Å². The summed E-state index contributed by atoms with van der Waals surface area (Å²) in [4.78, 5) is 84.2. The van der Waals surface area contributed by atoms with E-state index in [1.54, 1.807) is 54.7 Å². The highest BCUT2D eigenvalue weighted by Crippen LogP contribution is 2.37. The number of hydrogen-bond donors (Lipinski definition) is 2. The van der Waals surface area contributed by atoms with Gasteiger partial charge >= 0.3 is 18.0 Å². The van der Waals surface area contributed by atoms with Gasteiger partial charge in [-0.05, 0) is 70.9 Å². The van der Waals surface area contributed by atoms with Gasteiger partial charge in [0, 0.05) is 55.7 Å². The molecule has 4 atom stereocenters. The van der Waals surface area contributed by atoms with Crippen LogP contribution in [0, 0.1) is 11.3 Å². The van der Waals surface area contributed by atoms with Crippen molar-refractivity contribution in [3.05, 3.63) is 47.7 Å². The lowest BCUT2D eigenvalue weighted by molar-refractivity contribution is -0.148. The molecule has 0 aliphatic heterocycles. The Bertz CT molecular complexity index is 1810. The van der Waals surface area contributed by atoms with Gasteiger partial charge in [0.05, 0.1) is 19.3 Å². The topological polar surface area (TPSA) is 166 Å². The Kier molecular flexibility index (Phi) is 17.2. The largest absolute Gasteiger partial charge is 0.466 e. The number of amides is 4. The van der Waals surface area contributed by atoms with Crippen LogP contribution in [-0.2, 0) is 50.6 Å². The second-order valence-electron chi connectivity index (χ2n) is 17.8. The predicted octanol–water partition coefficient (Wildman–Crippen LogP) is 6.04. The Morgan fingerprint density at radius 3 is 1.98 bits per heavy atom. The Labute approximate surface area is 345 Å². The minimum atomic E-state index is -1.13. The third kappa shape index (κ3) is 12.8. The Hall–Kier alpha value is -4.88. The fourth-order valence-corrected chi connectivity index (χ4v) is 6.99. The monoisotopic (exact) mass is 812 g/mol. The van der Waals surface area contributed by atoms with Crippen LogP contribution in [-0.4, -0.2) is 107 Å². The van der Waals surface area contributed by atoms with Crippen LogP contribution in [0.25, 0.3) is 10.9 Å². The zero-order chi connectivity index (χ0) is 44.5. The number of aryl methyl sites for hydroxylation is 1. The van der Waals surface area contributed by atoms with Crippen molar-refractivity contribution in [1.29, 1.82) is 0 Å². The first-order valence-corrected chi connectivity index (χ1v) is 20.1. The molecule has 0 aliphatic rings. The number of ether oxygens (including phenoxy) is 3. The molecule has 0 fully saturated rings. The van der Waals surface area contributed by atoms with E-state index in [1.807, 2.05) is 90.5 Å². The van der Waals surface area contributed by atoms with E-state index in [0.717, 1.165) is 16.5 Å². The molecule has 14 heteroatoms. The molecule has 0 radical (unpaired) electrons. The summed E-state index contributed by atoms with van der Waals surface area (Å²) >= 11 is 0. The quantitative estimate of drug-likeness (QED) is 0.110. The molecule has 2 N–H and O–H groups in total. The van der Waals surface area contributed by atoms with Crippen molar-refractivity contribution in [1.82, 2.24) is 25.0 Å². The van der Waals surface area contributed by atoms with Crippen molar-refractivity contribution in [3.63, 3.8) is 0 Å². The van der Waals surface area contributed by atoms with Gasteiger partial charge in [-0.25, -0.2) is 9.59 Å². The highest BCUT2D eigenvalue weighted by Gasteiger charge is 2.47. The van der Waals surface area contributed by atoms with Crippen LogP contribution in [0.2, 0.25) is 0 Å². The van der Waals surface area contributed by atoms with Crippen LogP contribution in [0.15, 0.2) is 42.1 Å². The summed E-state index contributed by atoms with van der Waals surface area (Å²) in [6.07, 6.45) is 2.80. The molecule has 0 saturated heterocycles. The number of aromatic nitrogens is 1. The molecule has 0 aliphatic carbocycles. The smallest absolute Gasteiger partial charge is 0.410 e. The van der Waals surface area contributed by atoms with E-state index < -0.39 is 76.4 Å². The SMILES string of the molecule is CCOC(=O)CC[C@@H](NC(=O)/C(C)=C/[C@H](C(C)C)N(C)C(=O)[C@@H](NC(=O)[C@@H](N(C)C(=O)OC(C)(C)C)C(C)(C)c1cn(C)c2ccccc12)C(C)(C)C)C(=O)OCC. The summed E-state index contributed by atoms with van der Waals surface area (Å²) < 4.78 is 17.9. The summed E-state index contributed by atoms with van der Waals surface area (Å²) in [5, 5.41) is 6.64. The van der Waals surface area contributed by atoms with Crippen molar-refractivity contribution in [2.75, 3.05) is 27.3 Å². The van der Waals surface area contributed by atoms with Crippen LogP contribution in [0.4, 0.5) is 4.79 Å². The maximum Gasteiger partial charge on any atom is 0.410 e. The highest BCUT2D eigenvalue weighted by atomic mass is 16.6. The molecule has 1 heterocycles. The normalized spacial score (nSPS) is 14.5. The Balaban J connectivity index is 2.55. The molecule has 2 aromatic rings. The van der Waals surface area contributed by atoms with Crippen LogP contribution < -0.4 is 10.6 Å². The van der Waals surface area contributed by atoms with Gasteiger partial charge in [0.2, 0.25) is 17.7 Å². The van der Waals surface area contributed by atoms with Crippen LogP contribution in [0.1, 0.15) is 108 Å². The number of carbonyl (C=O) groups excluding carboxylic acids is 6. The molecule has 0 unspecified atom stereocenters. The molecular weight excluding hydrogens is 743 g/mol. The van der Waals surface area contributed by atoms with Gasteiger partial charge < -0.3 is 34.3 Å². The van der Waals surface area contributed by atoms with Crippen molar-refractivity contribution in [2.45, 2.75) is 138 Å². The fraction of sp³-hybridized carbons (Fsp3) is 0.636. The van der Waals surface area contributed by atoms with E-state index in [1.165, 1.54) is 16.8 Å². The number of carbonyl (C=O) groups is 6. The summed E-state index contributed by atoms with van der Waals surface area (Å²) in [7, 11) is 5.07. The van der Waals surface area contributed by atoms with Gasteiger partial charge in [-0.1, -0.05) is 72.7 Å². The molecule has 0 saturated carbocycles. The molecule has 1 aromatic heterocycles. The molecule has 1 aromatic carbocycles. The van der Waals surface area contributed by atoms with E-state index >= 15 is 0 Å². The Morgan fingerprint density at radius 2 is 1.45 bits per heavy atom. The Morgan fingerprint density at radius 1 is 0.862 bits per heavy atom. The number of benzene rings is 1. The maximum absolute atomic E-state index is 14.8. The molecule has 0 spiro atoms. The van der Waals surface area contributed by atoms with Gasteiger partial charge in [0.25, 0.3) is 0 Å². The molecule has 324 valence electrons. The molecule has 2 rings (SSSR count). The van der Waals surface area contributed by atoms with Crippen LogP contribution >= 0.6 is 0 Å². The average Bonchev–Trinajstić information content (AvgIpc) is 3.46. The van der Waals surface area contributed by atoms with Gasteiger partial charge in [0.15, 0.2) is 0 Å². The average molecular weight is 812 g/mol. The van der Waals surface area contributed by atoms with Crippen LogP contribution in [0.5, 0.6) is 0 Å². The number of nitrogens with one attached hydrogen (secondary N) is 2. The predicted molar refractivity (Wildman–Crippen MR) is 225 cm³/mol. The standard InChI is InChI=1S/C44H69N5O9/c1-17-56-34(50)24-23-31(40(54)57-18-2)45-37(51)28(5)25-33(27(3)4)48(15)39(53)35(42(6,7)8)46-38(52)36(49(16)41(55)58-43(9,10)11)44(12,13)30-26-47(14)32-22-20-19-21-29(30)32/h19-22,25-27,31,33,35-36H,17-18,23-24H2,1-16H3,(H,45,51)(H,46,52)/b28-25+/t31-,33-,35-,36-/m1/s1. The third-order valence-corrected chi connectivity index (χ3v) is 10.1. The zero-order valence-corrected chi connectivity index (χ0v) is 37.7. The van der Waals surface area contributed by atoms with Gasteiger partial charge in [-0.3, -0.25) is 24.1 Å². The fourth-order valence-electron chi connectivity index (χ4n) is 6.99. The third-order valence-electron chi connectivity index (χ3n) is 10.1. The molecule has 58 heavy (non-hydrogen) atoms. The molecule has 14 nitrogen and oxygen atoms in total. The van der Waals surface area contributed by atoms with E-state index in [-0.39, 0.29) is 37.5 Å². The second-order valence-corrected chi connectivity index (χ2v) is 17.8. The van der Waals surface area contributed by atoms with Crippen molar-refractivity contribution in [2.24, 2.45) is 18.4 Å². The number of fused-ring (bicyclic) bond motifs is 1.